The van der Waals surface area contributed by atoms with Crippen LogP contribution in [0.2, 0.25) is 0 Å². The lowest BCUT2D eigenvalue weighted by Crippen LogP contribution is -2.43. The van der Waals surface area contributed by atoms with Crippen LogP contribution in [0.1, 0.15) is 44.5 Å². The highest BCUT2D eigenvalue weighted by molar-refractivity contribution is 5.89. The number of hydrogen-bond donors (Lipinski definition) is 0. The summed E-state index contributed by atoms with van der Waals surface area (Å²) in [6.45, 7) is 11.0. The molecule has 0 aromatic heterocycles. The number of likely N-dealkylation sites (N-methyl/N-ethyl adjacent to an activating group) is 1. The van der Waals surface area contributed by atoms with Gasteiger partial charge in [0.25, 0.3) is 0 Å². The maximum atomic E-state index is 12.1. The zero-order chi connectivity index (χ0) is 14.3. The van der Waals surface area contributed by atoms with E-state index < -0.39 is 5.60 Å². The van der Waals surface area contributed by atoms with Crippen LogP contribution in [0.3, 0.4) is 0 Å². The monoisotopic (exact) mass is 263 g/mol. The lowest BCUT2D eigenvalue weighted by atomic mass is 10.0. The van der Waals surface area contributed by atoms with Crippen molar-refractivity contribution >= 4 is 5.97 Å². The van der Waals surface area contributed by atoms with Crippen LogP contribution in [0.25, 0.3) is 0 Å². The van der Waals surface area contributed by atoms with Crippen molar-refractivity contribution in [1.29, 1.82) is 0 Å². The molecule has 1 unspecified atom stereocenters. The Bertz CT molecular complexity index is 387. The van der Waals surface area contributed by atoms with Gasteiger partial charge in [0.2, 0.25) is 0 Å². The minimum absolute atomic E-state index is 0.239. The minimum atomic E-state index is -0.432. The summed E-state index contributed by atoms with van der Waals surface area (Å²) in [7, 11) is 0. The van der Waals surface area contributed by atoms with Crippen LogP contribution in [0, 0.1) is 0 Å². The van der Waals surface area contributed by atoms with Gasteiger partial charge in [-0.1, -0.05) is 39.0 Å². The van der Waals surface area contributed by atoms with E-state index >= 15 is 0 Å². The molecule has 0 amide bonds. The molecule has 1 atom stereocenters. The van der Waals surface area contributed by atoms with E-state index in [0.717, 1.165) is 26.1 Å². The van der Waals surface area contributed by atoms with E-state index in [2.05, 4.69) is 25.7 Å². The molecular formula is C16H25NO2. The molecule has 3 heteroatoms. The number of nitrogens with zero attached hydrogens (tertiary/aromatic N) is 1. The molecule has 106 valence electrons. The first-order valence-corrected chi connectivity index (χ1v) is 7.05. The van der Waals surface area contributed by atoms with E-state index in [0.29, 0.717) is 5.56 Å². The van der Waals surface area contributed by atoms with Gasteiger partial charge in [0, 0.05) is 6.54 Å². The Morgan fingerprint density at radius 1 is 1.16 bits per heavy atom. The van der Waals surface area contributed by atoms with Crippen LogP contribution in [-0.2, 0) is 4.74 Å². The standard InChI is InChI=1S/C16H25NO2/c1-5-16(4,13-17(6-2)7-3)19-15(18)14-11-9-8-10-12-14/h8-12H,5-7,13H2,1-4H3. The van der Waals surface area contributed by atoms with E-state index in [-0.39, 0.29) is 5.97 Å². The van der Waals surface area contributed by atoms with Crippen LogP contribution in [0.15, 0.2) is 30.3 Å². The number of carbonyl (C=O) groups excluding carboxylic acids is 1. The number of esters is 1. The maximum absolute atomic E-state index is 12.1. The summed E-state index contributed by atoms with van der Waals surface area (Å²) in [5.41, 5.74) is 0.181. The third-order valence-electron chi connectivity index (χ3n) is 3.55. The molecule has 1 rings (SSSR count). The van der Waals surface area contributed by atoms with E-state index in [9.17, 15) is 4.79 Å². The van der Waals surface area contributed by atoms with Crippen molar-refractivity contribution in [2.45, 2.75) is 39.7 Å². The SMILES string of the molecule is CCN(CC)CC(C)(CC)OC(=O)c1ccccc1. The van der Waals surface area contributed by atoms with E-state index in [1.807, 2.05) is 25.1 Å². The molecule has 0 N–H and O–H groups in total. The fraction of sp³-hybridized carbons (Fsp3) is 0.562. The molecule has 0 saturated carbocycles. The highest BCUT2D eigenvalue weighted by atomic mass is 16.6. The first kappa shape index (κ1) is 15.7. The van der Waals surface area contributed by atoms with Gasteiger partial charge in [-0.15, -0.1) is 0 Å². The summed E-state index contributed by atoms with van der Waals surface area (Å²) in [4.78, 5) is 14.4. The van der Waals surface area contributed by atoms with Crippen molar-refractivity contribution in [2.75, 3.05) is 19.6 Å². The molecular weight excluding hydrogens is 238 g/mol. The second-order valence-corrected chi connectivity index (χ2v) is 5.02. The molecule has 1 aromatic rings. The van der Waals surface area contributed by atoms with Gasteiger partial charge in [0.1, 0.15) is 5.60 Å². The lowest BCUT2D eigenvalue weighted by molar-refractivity contribution is -0.0268. The van der Waals surface area contributed by atoms with Crippen molar-refractivity contribution < 1.29 is 9.53 Å². The predicted octanol–water partition coefficient (Wildman–Crippen LogP) is 3.35. The van der Waals surface area contributed by atoms with Crippen LogP contribution in [0.5, 0.6) is 0 Å². The molecule has 0 saturated heterocycles. The molecule has 3 nitrogen and oxygen atoms in total. The van der Waals surface area contributed by atoms with Gasteiger partial charge < -0.3 is 4.74 Å². The summed E-state index contributed by atoms with van der Waals surface area (Å²) >= 11 is 0. The predicted molar refractivity (Wildman–Crippen MR) is 78.3 cm³/mol. The fourth-order valence-electron chi connectivity index (χ4n) is 1.99. The smallest absolute Gasteiger partial charge is 0.338 e. The summed E-state index contributed by atoms with van der Waals surface area (Å²) in [5.74, 6) is -0.239. The zero-order valence-electron chi connectivity index (χ0n) is 12.5. The Labute approximate surface area is 116 Å². The zero-order valence-corrected chi connectivity index (χ0v) is 12.5. The summed E-state index contributed by atoms with van der Waals surface area (Å²) in [5, 5.41) is 0. The van der Waals surface area contributed by atoms with Gasteiger partial charge in [0.15, 0.2) is 0 Å². The lowest BCUT2D eigenvalue weighted by Gasteiger charge is -2.33. The number of rotatable bonds is 7. The van der Waals surface area contributed by atoms with Crippen LogP contribution < -0.4 is 0 Å². The minimum Gasteiger partial charge on any atom is -0.454 e. The third kappa shape index (κ3) is 4.67. The number of hydrogen-bond acceptors (Lipinski definition) is 3. The second kappa shape index (κ2) is 7.29. The average molecular weight is 263 g/mol. The molecule has 0 aliphatic heterocycles. The molecule has 0 spiro atoms. The normalized spacial score (nSPS) is 14.2. The molecule has 0 aliphatic carbocycles. The van der Waals surface area contributed by atoms with Crippen molar-refractivity contribution in [3.05, 3.63) is 35.9 Å². The topological polar surface area (TPSA) is 29.5 Å². The Morgan fingerprint density at radius 3 is 2.21 bits per heavy atom. The van der Waals surface area contributed by atoms with Crippen molar-refractivity contribution in [3.8, 4) is 0 Å². The highest BCUT2D eigenvalue weighted by Crippen LogP contribution is 2.19. The quantitative estimate of drug-likeness (QED) is 0.706. The molecule has 0 bridgehead atoms. The molecule has 1 aromatic carbocycles. The first-order valence-electron chi connectivity index (χ1n) is 7.05. The fourth-order valence-corrected chi connectivity index (χ4v) is 1.99. The van der Waals surface area contributed by atoms with Crippen LogP contribution in [-0.4, -0.2) is 36.1 Å². The molecule has 0 fully saturated rings. The number of carbonyl (C=O) groups is 1. The van der Waals surface area contributed by atoms with Gasteiger partial charge in [-0.3, -0.25) is 4.90 Å². The Kier molecular flexibility index (Phi) is 6.03. The van der Waals surface area contributed by atoms with E-state index in [4.69, 9.17) is 4.74 Å². The maximum Gasteiger partial charge on any atom is 0.338 e. The molecule has 0 heterocycles. The first-order chi connectivity index (χ1) is 9.04. The van der Waals surface area contributed by atoms with Crippen molar-refractivity contribution in [1.82, 2.24) is 4.90 Å². The van der Waals surface area contributed by atoms with Gasteiger partial charge in [0.05, 0.1) is 5.56 Å². The Hall–Kier alpha value is -1.35. The second-order valence-electron chi connectivity index (χ2n) is 5.02. The van der Waals surface area contributed by atoms with Crippen molar-refractivity contribution in [2.24, 2.45) is 0 Å². The molecule has 19 heavy (non-hydrogen) atoms. The molecule has 0 radical (unpaired) electrons. The Morgan fingerprint density at radius 2 is 1.74 bits per heavy atom. The molecule has 0 aliphatic rings. The highest BCUT2D eigenvalue weighted by Gasteiger charge is 2.29. The number of benzene rings is 1. The number of ether oxygens (including phenoxy) is 1. The van der Waals surface area contributed by atoms with Crippen LogP contribution in [0.4, 0.5) is 0 Å². The van der Waals surface area contributed by atoms with E-state index in [1.165, 1.54) is 0 Å². The average Bonchev–Trinajstić information content (AvgIpc) is 2.45. The summed E-state index contributed by atoms with van der Waals surface area (Å²) in [6.07, 6.45) is 0.808. The van der Waals surface area contributed by atoms with Crippen molar-refractivity contribution in [3.63, 3.8) is 0 Å². The summed E-state index contributed by atoms with van der Waals surface area (Å²) < 4.78 is 5.73. The van der Waals surface area contributed by atoms with Gasteiger partial charge in [-0.25, -0.2) is 4.79 Å². The Balaban J connectivity index is 2.72. The van der Waals surface area contributed by atoms with E-state index in [1.54, 1.807) is 12.1 Å². The van der Waals surface area contributed by atoms with Crippen LogP contribution >= 0.6 is 0 Å². The van der Waals surface area contributed by atoms with Gasteiger partial charge in [-0.05, 0) is 38.6 Å². The third-order valence-corrected chi connectivity index (χ3v) is 3.55. The summed E-state index contributed by atoms with van der Waals surface area (Å²) in [6, 6.07) is 9.17. The van der Waals surface area contributed by atoms with Gasteiger partial charge >= 0.3 is 5.97 Å². The van der Waals surface area contributed by atoms with Gasteiger partial charge in [-0.2, -0.15) is 0 Å². The largest absolute Gasteiger partial charge is 0.454 e.